The Hall–Kier alpha value is -1.21. The lowest BCUT2D eigenvalue weighted by atomic mass is 9.99. The van der Waals surface area contributed by atoms with Crippen LogP contribution in [-0.2, 0) is 0 Å². The number of halogens is 2. The molecular weight excluding hydrogens is 319 g/mol. The number of nitrogens with one attached hydrogen (secondary N) is 1. The predicted octanol–water partition coefficient (Wildman–Crippen LogP) is 2.87. The van der Waals surface area contributed by atoms with Crippen LogP contribution in [0.2, 0.25) is 0 Å². The summed E-state index contributed by atoms with van der Waals surface area (Å²) in [7, 11) is 0. The first-order valence-electron chi connectivity index (χ1n) is 6.05. The average molecular weight is 333 g/mol. The molecule has 19 heavy (non-hydrogen) atoms. The molecule has 0 atom stereocenters. The summed E-state index contributed by atoms with van der Waals surface area (Å²) >= 11 is 2.93. The first-order valence-corrected chi connectivity index (χ1v) is 6.84. The fourth-order valence-electron chi connectivity index (χ4n) is 2.03. The maximum Gasteiger partial charge on any atom is 0.312 e. The summed E-state index contributed by atoms with van der Waals surface area (Å²) in [4.78, 5) is 10.3. The fourth-order valence-corrected chi connectivity index (χ4v) is 2.36. The second kappa shape index (κ2) is 6.29. The van der Waals surface area contributed by atoms with Crippen molar-refractivity contribution in [1.29, 1.82) is 0 Å². The number of nitrogens with zero attached hydrogens (tertiary/aromatic N) is 1. The molecular formula is C12H14BrFN2O3. The normalized spacial score (nSPS) is 16.3. The Labute approximate surface area is 118 Å². The highest BCUT2D eigenvalue weighted by atomic mass is 79.9. The molecule has 1 aliphatic heterocycles. The van der Waals surface area contributed by atoms with Gasteiger partial charge in [0.25, 0.3) is 0 Å². The van der Waals surface area contributed by atoms with Crippen molar-refractivity contribution in [3.05, 3.63) is 32.5 Å². The quantitative estimate of drug-likeness (QED) is 0.680. The van der Waals surface area contributed by atoms with E-state index < -0.39 is 10.7 Å². The van der Waals surface area contributed by atoms with Crippen LogP contribution in [0, 0.1) is 21.8 Å². The molecule has 0 saturated carbocycles. The third-order valence-electron chi connectivity index (χ3n) is 3.13. The number of benzene rings is 1. The number of piperidine rings is 1. The van der Waals surface area contributed by atoms with Gasteiger partial charge in [-0.05, 0) is 47.8 Å². The molecule has 2 rings (SSSR count). The highest BCUT2D eigenvalue weighted by Gasteiger charge is 2.21. The van der Waals surface area contributed by atoms with Crippen molar-refractivity contribution in [2.75, 3.05) is 19.7 Å². The Bertz CT molecular complexity index is 478. The SMILES string of the molecule is O=[N+]([O-])c1cc(Br)c(F)cc1OCC1CCNCC1. The zero-order valence-corrected chi connectivity index (χ0v) is 11.8. The van der Waals surface area contributed by atoms with Gasteiger partial charge in [-0.2, -0.15) is 0 Å². The lowest BCUT2D eigenvalue weighted by Gasteiger charge is -2.22. The van der Waals surface area contributed by atoms with Gasteiger partial charge in [-0.15, -0.1) is 0 Å². The Balaban J connectivity index is 2.09. The standard InChI is InChI=1S/C12H14BrFN2O3/c13-9-5-11(16(17)18)12(6-10(9)14)19-7-8-1-3-15-4-2-8/h5-6,8,15H,1-4,7H2. The number of nitro groups is 1. The van der Waals surface area contributed by atoms with E-state index in [4.69, 9.17) is 4.74 Å². The van der Waals surface area contributed by atoms with Crippen molar-refractivity contribution in [3.8, 4) is 5.75 Å². The maximum atomic E-state index is 13.4. The molecule has 0 unspecified atom stereocenters. The molecule has 0 aromatic heterocycles. The molecule has 1 aromatic carbocycles. The van der Waals surface area contributed by atoms with Gasteiger partial charge in [0.15, 0.2) is 5.75 Å². The average Bonchev–Trinajstić information content (AvgIpc) is 2.40. The highest BCUT2D eigenvalue weighted by molar-refractivity contribution is 9.10. The summed E-state index contributed by atoms with van der Waals surface area (Å²) in [5.41, 5.74) is -0.220. The summed E-state index contributed by atoms with van der Waals surface area (Å²) in [5.74, 6) is -0.220. The summed E-state index contributed by atoms with van der Waals surface area (Å²) < 4.78 is 18.9. The van der Waals surface area contributed by atoms with Gasteiger partial charge >= 0.3 is 5.69 Å². The molecule has 1 aliphatic rings. The van der Waals surface area contributed by atoms with Crippen molar-refractivity contribution >= 4 is 21.6 Å². The van der Waals surface area contributed by atoms with Crippen LogP contribution in [-0.4, -0.2) is 24.6 Å². The predicted molar refractivity (Wildman–Crippen MR) is 71.8 cm³/mol. The molecule has 1 heterocycles. The van der Waals surface area contributed by atoms with E-state index in [1.807, 2.05) is 0 Å². The highest BCUT2D eigenvalue weighted by Crippen LogP contribution is 2.33. The first-order chi connectivity index (χ1) is 9.08. The van der Waals surface area contributed by atoms with E-state index in [0.717, 1.165) is 38.1 Å². The lowest BCUT2D eigenvalue weighted by molar-refractivity contribution is -0.386. The van der Waals surface area contributed by atoms with E-state index >= 15 is 0 Å². The van der Waals surface area contributed by atoms with E-state index in [-0.39, 0.29) is 15.9 Å². The largest absolute Gasteiger partial charge is 0.486 e. The molecule has 5 nitrogen and oxygen atoms in total. The van der Waals surface area contributed by atoms with Gasteiger partial charge in [0.05, 0.1) is 16.0 Å². The van der Waals surface area contributed by atoms with Crippen LogP contribution in [0.1, 0.15) is 12.8 Å². The third-order valence-corrected chi connectivity index (χ3v) is 3.74. The molecule has 0 aliphatic carbocycles. The third kappa shape index (κ3) is 3.63. The molecule has 0 spiro atoms. The molecule has 1 saturated heterocycles. The summed E-state index contributed by atoms with van der Waals surface area (Å²) in [6, 6.07) is 2.19. The molecule has 1 aromatic rings. The van der Waals surface area contributed by atoms with Crippen LogP contribution in [0.3, 0.4) is 0 Å². The van der Waals surface area contributed by atoms with Crippen LogP contribution in [0.15, 0.2) is 16.6 Å². The van der Waals surface area contributed by atoms with Gasteiger partial charge in [-0.1, -0.05) is 0 Å². The van der Waals surface area contributed by atoms with Crippen molar-refractivity contribution in [2.45, 2.75) is 12.8 Å². The van der Waals surface area contributed by atoms with Crippen molar-refractivity contribution in [1.82, 2.24) is 5.32 Å². The van der Waals surface area contributed by atoms with Gasteiger partial charge < -0.3 is 10.1 Å². The number of nitro benzene ring substituents is 1. The summed E-state index contributed by atoms with van der Waals surface area (Å²) in [6.45, 7) is 2.22. The van der Waals surface area contributed by atoms with Gasteiger partial charge in [-0.25, -0.2) is 4.39 Å². The zero-order valence-electron chi connectivity index (χ0n) is 10.2. The monoisotopic (exact) mass is 332 g/mol. The minimum atomic E-state index is -0.568. The first kappa shape index (κ1) is 14.2. The van der Waals surface area contributed by atoms with E-state index in [1.54, 1.807) is 0 Å². The maximum absolute atomic E-state index is 13.4. The molecule has 1 fully saturated rings. The molecule has 7 heteroatoms. The fraction of sp³-hybridized carbons (Fsp3) is 0.500. The second-order valence-electron chi connectivity index (χ2n) is 4.50. The topological polar surface area (TPSA) is 64.4 Å². The number of hydrogen-bond acceptors (Lipinski definition) is 4. The minimum absolute atomic E-state index is 0.00997. The second-order valence-corrected chi connectivity index (χ2v) is 5.35. The molecule has 0 bridgehead atoms. The summed E-state index contributed by atoms with van der Waals surface area (Å²) in [5, 5.41) is 14.1. The zero-order chi connectivity index (χ0) is 13.8. The Morgan fingerprint density at radius 2 is 2.16 bits per heavy atom. The van der Waals surface area contributed by atoms with Gasteiger partial charge in [-0.3, -0.25) is 10.1 Å². The van der Waals surface area contributed by atoms with Crippen LogP contribution < -0.4 is 10.1 Å². The van der Waals surface area contributed by atoms with E-state index in [2.05, 4.69) is 21.2 Å². The van der Waals surface area contributed by atoms with Gasteiger partial charge in [0.2, 0.25) is 0 Å². The lowest BCUT2D eigenvalue weighted by Crippen LogP contribution is -2.30. The Morgan fingerprint density at radius 1 is 1.47 bits per heavy atom. The van der Waals surface area contributed by atoms with Crippen LogP contribution in [0.25, 0.3) is 0 Å². The smallest absolute Gasteiger partial charge is 0.312 e. The van der Waals surface area contributed by atoms with Crippen LogP contribution in [0.5, 0.6) is 5.75 Å². The van der Waals surface area contributed by atoms with Crippen molar-refractivity contribution in [3.63, 3.8) is 0 Å². The van der Waals surface area contributed by atoms with E-state index in [9.17, 15) is 14.5 Å². The van der Waals surface area contributed by atoms with Crippen LogP contribution in [0.4, 0.5) is 10.1 Å². The van der Waals surface area contributed by atoms with E-state index in [0.29, 0.717) is 12.5 Å². The molecule has 1 N–H and O–H groups in total. The molecule has 0 radical (unpaired) electrons. The van der Waals surface area contributed by atoms with Crippen molar-refractivity contribution < 1.29 is 14.1 Å². The number of hydrogen-bond donors (Lipinski definition) is 1. The Kier molecular flexibility index (Phi) is 4.71. The van der Waals surface area contributed by atoms with Gasteiger partial charge in [0, 0.05) is 12.1 Å². The number of ether oxygens (including phenoxy) is 1. The molecule has 104 valence electrons. The minimum Gasteiger partial charge on any atom is -0.486 e. The van der Waals surface area contributed by atoms with Crippen molar-refractivity contribution in [2.24, 2.45) is 5.92 Å². The van der Waals surface area contributed by atoms with Crippen LogP contribution >= 0.6 is 15.9 Å². The Morgan fingerprint density at radius 3 is 2.79 bits per heavy atom. The molecule has 0 amide bonds. The van der Waals surface area contributed by atoms with Gasteiger partial charge in [0.1, 0.15) is 5.82 Å². The van der Waals surface area contributed by atoms with E-state index in [1.165, 1.54) is 0 Å². The number of rotatable bonds is 4. The summed E-state index contributed by atoms with van der Waals surface area (Å²) in [6.07, 6.45) is 1.93.